The third kappa shape index (κ3) is 0.642. The molecule has 0 amide bonds. The first kappa shape index (κ1) is 7.17. The highest BCUT2D eigenvalue weighted by atomic mass is 16.2. The minimum atomic E-state index is -0.155. The highest BCUT2D eigenvalue weighted by Gasteiger charge is 2.40. The van der Waals surface area contributed by atoms with Crippen molar-refractivity contribution in [1.29, 1.82) is 0 Å². The van der Waals surface area contributed by atoms with Gasteiger partial charge in [0.25, 0.3) is 0 Å². The molecule has 2 bridgehead atoms. The van der Waals surface area contributed by atoms with Crippen molar-refractivity contribution in [2.45, 2.75) is 31.3 Å². The molecule has 2 atom stereocenters. The number of aromatic nitrogens is 3. The normalized spacial score (nSPS) is 29.6. The van der Waals surface area contributed by atoms with Gasteiger partial charge in [-0.2, -0.15) is 0 Å². The molecule has 2 aliphatic rings. The van der Waals surface area contributed by atoms with Gasteiger partial charge in [0.15, 0.2) is 0 Å². The molecule has 70 valence electrons. The summed E-state index contributed by atoms with van der Waals surface area (Å²) < 4.78 is 4.47. The molecule has 1 aliphatic heterocycles. The lowest BCUT2D eigenvalue weighted by Gasteiger charge is -2.13. The van der Waals surface area contributed by atoms with Crippen molar-refractivity contribution >= 4 is 0 Å². The summed E-state index contributed by atoms with van der Waals surface area (Å²) in [5.74, 6) is 0. The van der Waals surface area contributed by atoms with E-state index in [-0.39, 0.29) is 23.5 Å². The summed E-state index contributed by atoms with van der Waals surface area (Å²) in [5.41, 5.74) is -0.311. The number of fused-ring (bicyclic) bond motifs is 5. The number of nitrogens with zero attached hydrogens (tertiary/aromatic N) is 3. The summed E-state index contributed by atoms with van der Waals surface area (Å²) in [6.07, 6.45) is 3.08. The van der Waals surface area contributed by atoms with E-state index in [0.717, 1.165) is 19.3 Å². The molecule has 3 rings (SSSR count). The second-order valence-electron chi connectivity index (χ2n) is 3.93. The molecule has 0 N–H and O–H groups in total. The Hall–Kier alpha value is -1.26. The Morgan fingerprint density at radius 1 is 1.08 bits per heavy atom. The zero-order valence-electron chi connectivity index (χ0n) is 7.43. The van der Waals surface area contributed by atoms with Gasteiger partial charge in [0.2, 0.25) is 0 Å². The molecule has 0 aromatic carbocycles. The molecule has 2 heterocycles. The fourth-order valence-electron chi connectivity index (χ4n) is 2.62. The van der Waals surface area contributed by atoms with Crippen LogP contribution in [0, 0.1) is 0 Å². The van der Waals surface area contributed by atoms with Gasteiger partial charge in [-0.3, -0.25) is 0 Å². The van der Waals surface area contributed by atoms with Gasteiger partial charge in [-0.15, -0.1) is 0 Å². The van der Waals surface area contributed by atoms with Crippen LogP contribution in [-0.2, 0) is 7.05 Å². The Labute approximate surface area is 74.2 Å². The van der Waals surface area contributed by atoms with Gasteiger partial charge in [0, 0.05) is 7.05 Å². The van der Waals surface area contributed by atoms with Crippen LogP contribution >= 0.6 is 0 Å². The smallest absolute Gasteiger partial charge is 0.246 e. The molecule has 0 saturated heterocycles. The molecule has 1 aliphatic carbocycles. The standard InChI is InChI=1S/C8H11N3O2/c1-9-7(12)10-5-2-3-6(4-5)11(10)8(9)13/h5-6H,2-4H2,1H3/t5-,6+. The van der Waals surface area contributed by atoms with E-state index in [0.29, 0.717) is 0 Å². The zero-order valence-corrected chi connectivity index (χ0v) is 7.43. The van der Waals surface area contributed by atoms with Crippen LogP contribution in [0.1, 0.15) is 31.3 Å². The van der Waals surface area contributed by atoms with Crippen molar-refractivity contribution in [1.82, 2.24) is 13.9 Å². The molecule has 1 saturated carbocycles. The molecule has 5 nitrogen and oxygen atoms in total. The van der Waals surface area contributed by atoms with E-state index in [4.69, 9.17) is 0 Å². The van der Waals surface area contributed by atoms with Crippen LogP contribution < -0.4 is 11.4 Å². The van der Waals surface area contributed by atoms with Crippen LogP contribution in [0.15, 0.2) is 9.59 Å². The Kier molecular flexibility index (Phi) is 1.09. The van der Waals surface area contributed by atoms with Crippen molar-refractivity contribution in [2.24, 2.45) is 7.05 Å². The molecule has 13 heavy (non-hydrogen) atoms. The lowest BCUT2D eigenvalue weighted by atomic mass is 10.3. The average molecular weight is 181 g/mol. The van der Waals surface area contributed by atoms with E-state index in [1.165, 1.54) is 4.57 Å². The summed E-state index contributed by atoms with van der Waals surface area (Å²) in [5, 5.41) is 0. The van der Waals surface area contributed by atoms with E-state index in [9.17, 15) is 9.59 Å². The van der Waals surface area contributed by atoms with Gasteiger partial charge in [-0.05, 0) is 19.3 Å². The zero-order chi connectivity index (χ0) is 9.16. The van der Waals surface area contributed by atoms with Gasteiger partial charge >= 0.3 is 11.4 Å². The van der Waals surface area contributed by atoms with Crippen molar-refractivity contribution in [3.05, 3.63) is 21.0 Å². The van der Waals surface area contributed by atoms with Gasteiger partial charge in [-0.25, -0.2) is 23.5 Å². The van der Waals surface area contributed by atoms with Gasteiger partial charge in [-0.1, -0.05) is 0 Å². The molecule has 1 aromatic heterocycles. The molecular formula is C8H11N3O2. The van der Waals surface area contributed by atoms with Crippen LogP contribution in [0.3, 0.4) is 0 Å². The van der Waals surface area contributed by atoms with Gasteiger partial charge in [0.1, 0.15) is 0 Å². The van der Waals surface area contributed by atoms with E-state index in [1.807, 2.05) is 0 Å². The highest BCUT2D eigenvalue weighted by Crippen LogP contribution is 2.41. The predicted molar refractivity (Wildman–Crippen MR) is 45.9 cm³/mol. The summed E-state index contributed by atoms with van der Waals surface area (Å²) in [7, 11) is 1.54. The average Bonchev–Trinajstić information content (AvgIpc) is 2.76. The molecule has 1 aromatic rings. The van der Waals surface area contributed by atoms with Crippen molar-refractivity contribution < 1.29 is 0 Å². The number of rotatable bonds is 0. The van der Waals surface area contributed by atoms with Crippen LogP contribution in [0.5, 0.6) is 0 Å². The van der Waals surface area contributed by atoms with Crippen molar-refractivity contribution in [3.63, 3.8) is 0 Å². The van der Waals surface area contributed by atoms with E-state index in [2.05, 4.69) is 0 Å². The fraction of sp³-hybridized carbons (Fsp3) is 0.750. The summed E-state index contributed by atoms with van der Waals surface area (Å²) in [6.45, 7) is 0. The van der Waals surface area contributed by atoms with Crippen molar-refractivity contribution in [3.8, 4) is 0 Å². The maximum Gasteiger partial charge on any atom is 0.347 e. The SMILES string of the molecule is Cn1c(=O)n2n(c1=O)[C@H]1CC[C@@H]2C1. The largest absolute Gasteiger partial charge is 0.347 e. The van der Waals surface area contributed by atoms with Crippen LogP contribution in [-0.4, -0.2) is 13.9 Å². The Morgan fingerprint density at radius 2 is 1.54 bits per heavy atom. The van der Waals surface area contributed by atoms with Gasteiger partial charge in [0.05, 0.1) is 12.1 Å². The van der Waals surface area contributed by atoms with Crippen LogP contribution in [0.2, 0.25) is 0 Å². The minimum absolute atomic E-state index is 0.155. The number of hydrogen-bond acceptors (Lipinski definition) is 2. The monoisotopic (exact) mass is 181 g/mol. The predicted octanol–water partition coefficient (Wildman–Crippen LogP) is -0.372. The first-order chi connectivity index (χ1) is 6.20. The molecule has 5 heteroatoms. The quantitative estimate of drug-likeness (QED) is 0.548. The minimum Gasteiger partial charge on any atom is -0.246 e. The fourth-order valence-corrected chi connectivity index (χ4v) is 2.62. The van der Waals surface area contributed by atoms with Crippen LogP contribution in [0.4, 0.5) is 0 Å². The Morgan fingerprint density at radius 3 is 2.00 bits per heavy atom. The lowest BCUT2D eigenvalue weighted by Crippen LogP contribution is -2.27. The molecule has 0 spiro atoms. The molecule has 0 unspecified atom stereocenters. The second kappa shape index (κ2) is 1.97. The van der Waals surface area contributed by atoms with E-state index in [1.54, 1.807) is 16.4 Å². The Balaban J connectivity index is 2.44. The molecule has 0 radical (unpaired) electrons. The van der Waals surface area contributed by atoms with Crippen molar-refractivity contribution in [2.75, 3.05) is 0 Å². The summed E-state index contributed by atoms with van der Waals surface area (Å²) in [6, 6.07) is 0.567. The first-order valence-electron chi connectivity index (χ1n) is 4.60. The summed E-state index contributed by atoms with van der Waals surface area (Å²) >= 11 is 0. The lowest BCUT2D eigenvalue weighted by molar-refractivity contribution is 0.374. The first-order valence-corrected chi connectivity index (χ1v) is 4.60. The maximum atomic E-state index is 11.6. The summed E-state index contributed by atoms with van der Waals surface area (Å²) in [4.78, 5) is 23.2. The molecule has 1 fully saturated rings. The maximum absolute atomic E-state index is 11.6. The topological polar surface area (TPSA) is 48.9 Å². The highest BCUT2D eigenvalue weighted by molar-refractivity contribution is 4.94. The van der Waals surface area contributed by atoms with Crippen LogP contribution in [0.25, 0.3) is 0 Å². The van der Waals surface area contributed by atoms with E-state index >= 15 is 0 Å². The third-order valence-corrected chi connectivity index (χ3v) is 3.27. The number of hydrogen-bond donors (Lipinski definition) is 0. The van der Waals surface area contributed by atoms with E-state index < -0.39 is 0 Å². The second-order valence-corrected chi connectivity index (χ2v) is 3.93. The Bertz CT molecular complexity index is 437. The third-order valence-electron chi connectivity index (χ3n) is 3.27. The van der Waals surface area contributed by atoms with Gasteiger partial charge < -0.3 is 0 Å². The molecular weight excluding hydrogens is 170 g/mol.